The van der Waals surface area contributed by atoms with Crippen molar-refractivity contribution in [3.8, 4) is 16.9 Å². The van der Waals surface area contributed by atoms with Crippen molar-refractivity contribution in [2.45, 2.75) is 20.8 Å². The molecule has 0 saturated carbocycles. The van der Waals surface area contributed by atoms with Crippen LogP contribution in [0.2, 0.25) is 0 Å². The molecule has 0 aliphatic rings. The molecule has 168 valence electrons. The highest BCUT2D eigenvalue weighted by molar-refractivity contribution is 5.92. The number of nitrogens with zero attached hydrogens (tertiary/aromatic N) is 4. The first-order valence-corrected chi connectivity index (χ1v) is 10.6. The summed E-state index contributed by atoms with van der Waals surface area (Å²) in [4.78, 5) is 27.9. The Morgan fingerprint density at radius 2 is 1.56 bits per heavy atom. The van der Waals surface area contributed by atoms with Gasteiger partial charge in [-0.3, -0.25) is 14.5 Å². The van der Waals surface area contributed by atoms with E-state index >= 15 is 0 Å². The standard InChI is InChI=1S/C25H31N5O2/c1-17-12-19(3)21(13-18(17)2)22-14-23(30(27-22)20-10-8-7-9-11-20)26-24(31)15-29(6)16-25(32)28(4)5/h7-14H,15-16H2,1-6H3,(H,26,31). The van der Waals surface area contributed by atoms with E-state index in [0.717, 1.165) is 22.5 Å². The molecule has 7 nitrogen and oxygen atoms in total. The minimum Gasteiger partial charge on any atom is -0.348 e. The Balaban J connectivity index is 1.90. The van der Waals surface area contributed by atoms with Gasteiger partial charge in [0.15, 0.2) is 0 Å². The summed E-state index contributed by atoms with van der Waals surface area (Å²) >= 11 is 0. The lowest BCUT2D eigenvalue weighted by Crippen LogP contribution is -2.38. The Bertz CT molecular complexity index is 1120. The van der Waals surface area contributed by atoms with Crippen molar-refractivity contribution in [1.82, 2.24) is 19.6 Å². The van der Waals surface area contributed by atoms with Gasteiger partial charge < -0.3 is 10.2 Å². The Hall–Kier alpha value is -3.45. The summed E-state index contributed by atoms with van der Waals surface area (Å²) in [5, 5.41) is 7.79. The average molecular weight is 434 g/mol. The molecule has 1 aromatic heterocycles. The number of para-hydroxylation sites is 1. The summed E-state index contributed by atoms with van der Waals surface area (Å²) in [5.74, 6) is 0.322. The number of benzene rings is 2. The smallest absolute Gasteiger partial charge is 0.239 e. The molecule has 0 spiro atoms. The molecule has 0 aliphatic heterocycles. The van der Waals surface area contributed by atoms with Crippen molar-refractivity contribution in [1.29, 1.82) is 0 Å². The first-order chi connectivity index (χ1) is 15.2. The summed E-state index contributed by atoms with van der Waals surface area (Å²) in [6.07, 6.45) is 0. The lowest BCUT2D eigenvalue weighted by Gasteiger charge is -2.18. The van der Waals surface area contributed by atoms with Gasteiger partial charge in [-0.15, -0.1) is 0 Å². The first-order valence-electron chi connectivity index (χ1n) is 10.6. The van der Waals surface area contributed by atoms with Crippen molar-refractivity contribution in [3.63, 3.8) is 0 Å². The second-order valence-corrected chi connectivity index (χ2v) is 8.42. The number of nitrogens with one attached hydrogen (secondary N) is 1. The lowest BCUT2D eigenvalue weighted by molar-refractivity contribution is -0.130. The fourth-order valence-electron chi connectivity index (χ4n) is 3.46. The second-order valence-electron chi connectivity index (χ2n) is 8.42. The predicted molar refractivity (Wildman–Crippen MR) is 128 cm³/mol. The maximum absolute atomic E-state index is 12.8. The fourth-order valence-corrected chi connectivity index (χ4v) is 3.46. The van der Waals surface area contributed by atoms with Gasteiger partial charge in [0.05, 0.1) is 24.5 Å². The highest BCUT2D eigenvalue weighted by atomic mass is 16.2. The number of likely N-dealkylation sites (N-methyl/N-ethyl adjacent to an activating group) is 2. The Morgan fingerprint density at radius 3 is 2.22 bits per heavy atom. The van der Waals surface area contributed by atoms with Gasteiger partial charge >= 0.3 is 0 Å². The Labute approximate surface area is 189 Å². The molecule has 1 heterocycles. The van der Waals surface area contributed by atoms with Gasteiger partial charge in [-0.05, 0) is 62.7 Å². The summed E-state index contributed by atoms with van der Waals surface area (Å²) in [5.41, 5.74) is 6.24. The van der Waals surface area contributed by atoms with Crippen LogP contribution in [0.15, 0.2) is 48.5 Å². The number of aromatic nitrogens is 2. The molecule has 0 atom stereocenters. The maximum atomic E-state index is 12.8. The topological polar surface area (TPSA) is 70.5 Å². The molecule has 0 unspecified atom stereocenters. The van der Waals surface area contributed by atoms with Gasteiger partial charge in [-0.1, -0.05) is 24.3 Å². The van der Waals surface area contributed by atoms with E-state index in [-0.39, 0.29) is 24.9 Å². The quantitative estimate of drug-likeness (QED) is 0.620. The molecule has 2 aromatic carbocycles. The van der Waals surface area contributed by atoms with Crippen molar-refractivity contribution in [3.05, 3.63) is 65.2 Å². The minimum atomic E-state index is -0.209. The van der Waals surface area contributed by atoms with Gasteiger partial charge in [0.2, 0.25) is 11.8 Å². The molecule has 0 radical (unpaired) electrons. The molecule has 32 heavy (non-hydrogen) atoms. The van der Waals surface area contributed by atoms with Crippen LogP contribution in [0.25, 0.3) is 16.9 Å². The number of amides is 2. The third-order valence-corrected chi connectivity index (χ3v) is 5.41. The summed E-state index contributed by atoms with van der Waals surface area (Å²) in [6, 6.07) is 15.9. The minimum absolute atomic E-state index is 0.0536. The van der Waals surface area contributed by atoms with Gasteiger partial charge in [0.1, 0.15) is 5.82 Å². The number of rotatable bonds is 7. The molecule has 0 bridgehead atoms. The molecule has 0 fully saturated rings. The van der Waals surface area contributed by atoms with E-state index in [1.807, 2.05) is 36.4 Å². The van der Waals surface area contributed by atoms with Gasteiger partial charge in [-0.2, -0.15) is 5.10 Å². The van der Waals surface area contributed by atoms with E-state index in [1.165, 1.54) is 16.0 Å². The highest BCUT2D eigenvalue weighted by Gasteiger charge is 2.17. The van der Waals surface area contributed by atoms with Crippen LogP contribution in [0, 0.1) is 20.8 Å². The molecule has 3 rings (SSSR count). The number of anilines is 1. The van der Waals surface area contributed by atoms with Crippen LogP contribution in [-0.2, 0) is 9.59 Å². The zero-order valence-corrected chi connectivity index (χ0v) is 19.6. The van der Waals surface area contributed by atoms with Crippen LogP contribution < -0.4 is 5.32 Å². The van der Waals surface area contributed by atoms with E-state index in [9.17, 15) is 9.59 Å². The Morgan fingerprint density at radius 1 is 0.906 bits per heavy atom. The van der Waals surface area contributed by atoms with Crippen LogP contribution in [0.1, 0.15) is 16.7 Å². The van der Waals surface area contributed by atoms with Crippen molar-refractivity contribution in [2.75, 3.05) is 39.5 Å². The normalized spacial score (nSPS) is 11.0. The van der Waals surface area contributed by atoms with Crippen molar-refractivity contribution in [2.24, 2.45) is 0 Å². The van der Waals surface area contributed by atoms with E-state index in [4.69, 9.17) is 5.10 Å². The van der Waals surface area contributed by atoms with Crippen LogP contribution in [0.3, 0.4) is 0 Å². The number of hydrogen-bond acceptors (Lipinski definition) is 4. The largest absolute Gasteiger partial charge is 0.348 e. The van der Waals surface area contributed by atoms with Crippen LogP contribution >= 0.6 is 0 Å². The van der Waals surface area contributed by atoms with Crippen LogP contribution in [-0.4, -0.2) is 65.6 Å². The molecule has 0 aliphatic carbocycles. The second kappa shape index (κ2) is 9.78. The first kappa shape index (κ1) is 23.2. The van der Waals surface area contributed by atoms with Crippen LogP contribution in [0.5, 0.6) is 0 Å². The molecule has 3 aromatic rings. The zero-order valence-electron chi connectivity index (χ0n) is 19.6. The number of hydrogen-bond donors (Lipinski definition) is 1. The van der Waals surface area contributed by atoms with Gasteiger partial charge in [0.25, 0.3) is 0 Å². The summed E-state index contributed by atoms with van der Waals surface area (Å²) < 4.78 is 1.74. The third-order valence-electron chi connectivity index (χ3n) is 5.41. The molecule has 1 N–H and O–H groups in total. The number of carbonyl (C=O) groups is 2. The van der Waals surface area contributed by atoms with Gasteiger partial charge in [-0.25, -0.2) is 4.68 Å². The van der Waals surface area contributed by atoms with Gasteiger partial charge in [0, 0.05) is 25.7 Å². The molecular weight excluding hydrogens is 402 g/mol. The average Bonchev–Trinajstić information content (AvgIpc) is 3.14. The fraction of sp³-hybridized carbons (Fsp3) is 0.320. The number of carbonyl (C=O) groups excluding carboxylic acids is 2. The monoisotopic (exact) mass is 433 g/mol. The van der Waals surface area contributed by atoms with E-state index in [1.54, 1.807) is 30.7 Å². The SMILES string of the molecule is Cc1cc(C)c(-c2cc(NC(=O)CN(C)CC(=O)N(C)C)n(-c3ccccc3)n2)cc1C. The van der Waals surface area contributed by atoms with E-state index in [0.29, 0.717) is 5.82 Å². The molecule has 7 heteroatoms. The summed E-state index contributed by atoms with van der Waals surface area (Å²) in [6.45, 7) is 6.51. The third kappa shape index (κ3) is 5.42. The van der Waals surface area contributed by atoms with E-state index < -0.39 is 0 Å². The van der Waals surface area contributed by atoms with Crippen molar-refractivity contribution >= 4 is 17.6 Å². The molecule has 2 amide bonds. The number of aryl methyl sites for hydroxylation is 3. The zero-order chi connectivity index (χ0) is 23.4. The molecular formula is C25H31N5O2. The maximum Gasteiger partial charge on any atom is 0.239 e. The van der Waals surface area contributed by atoms with Crippen LogP contribution in [0.4, 0.5) is 5.82 Å². The Kier molecular flexibility index (Phi) is 7.10. The van der Waals surface area contributed by atoms with Crippen molar-refractivity contribution < 1.29 is 9.59 Å². The highest BCUT2D eigenvalue weighted by Crippen LogP contribution is 2.29. The lowest BCUT2D eigenvalue weighted by atomic mass is 9.99. The van der Waals surface area contributed by atoms with E-state index in [2.05, 4.69) is 38.2 Å². The molecule has 0 saturated heterocycles. The predicted octanol–water partition coefficient (Wildman–Crippen LogP) is 3.42. The summed E-state index contributed by atoms with van der Waals surface area (Å²) in [7, 11) is 5.15.